The summed E-state index contributed by atoms with van der Waals surface area (Å²) in [5, 5.41) is 9.98. The summed E-state index contributed by atoms with van der Waals surface area (Å²) in [5.74, 6) is 0.0192. The van der Waals surface area contributed by atoms with Gasteiger partial charge in [0.15, 0.2) is 0 Å². The summed E-state index contributed by atoms with van der Waals surface area (Å²) in [6.07, 6.45) is -0.0841. The smallest absolute Gasteiger partial charge is 0.254 e. The van der Waals surface area contributed by atoms with Gasteiger partial charge in [-0.15, -0.1) is 0 Å². The highest BCUT2D eigenvalue weighted by Gasteiger charge is 2.30. The zero-order valence-electron chi connectivity index (χ0n) is 20.9. The molecule has 1 amide bonds. The topological polar surface area (TPSA) is 53.0 Å². The summed E-state index contributed by atoms with van der Waals surface area (Å²) in [7, 11) is 2.11. The molecule has 0 fully saturated rings. The molecule has 0 bridgehead atoms. The fourth-order valence-corrected chi connectivity index (χ4v) is 4.82. The Morgan fingerprint density at radius 2 is 1.60 bits per heavy atom. The van der Waals surface area contributed by atoms with E-state index in [4.69, 9.17) is 4.74 Å². The van der Waals surface area contributed by atoms with Gasteiger partial charge in [-0.2, -0.15) is 0 Å². The number of aliphatic hydroxyl groups is 1. The van der Waals surface area contributed by atoms with Crippen LogP contribution in [0.1, 0.15) is 35.3 Å². The summed E-state index contributed by atoms with van der Waals surface area (Å²) in [4.78, 5) is 17.9. The van der Waals surface area contributed by atoms with Gasteiger partial charge in [-0.3, -0.25) is 9.69 Å². The van der Waals surface area contributed by atoms with Gasteiger partial charge >= 0.3 is 0 Å². The first-order valence-electron chi connectivity index (χ1n) is 12.4. The van der Waals surface area contributed by atoms with Crippen LogP contribution in [-0.2, 0) is 17.9 Å². The minimum atomic E-state index is -0.295. The molecule has 5 heteroatoms. The lowest BCUT2D eigenvalue weighted by Crippen LogP contribution is -2.47. The van der Waals surface area contributed by atoms with E-state index in [2.05, 4.69) is 55.3 Å². The zero-order chi connectivity index (χ0) is 24.8. The van der Waals surface area contributed by atoms with Gasteiger partial charge in [0.05, 0.1) is 25.4 Å². The number of hydrogen-bond donors (Lipinski definition) is 1. The quantitative estimate of drug-likeness (QED) is 0.558. The molecular weight excluding hydrogens is 436 g/mol. The molecule has 0 radical (unpaired) electrons. The monoisotopic (exact) mass is 472 g/mol. The lowest BCUT2D eigenvalue weighted by Gasteiger charge is -2.35. The predicted molar refractivity (Wildman–Crippen MR) is 140 cm³/mol. The highest BCUT2D eigenvalue weighted by atomic mass is 16.5. The van der Waals surface area contributed by atoms with Crippen LogP contribution >= 0.6 is 0 Å². The van der Waals surface area contributed by atoms with Crippen LogP contribution < -0.4 is 0 Å². The van der Waals surface area contributed by atoms with Crippen LogP contribution in [0, 0.1) is 5.92 Å². The molecule has 0 aliphatic carbocycles. The molecule has 0 saturated carbocycles. The van der Waals surface area contributed by atoms with Crippen molar-refractivity contribution in [3.63, 3.8) is 0 Å². The Balaban J connectivity index is 1.68. The number of aliphatic hydroxyl groups excluding tert-OH is 1. The van der Waals surface area contributed by atoms with E-state index in [1.54, 1.807) is 0 Å². The lowest BCUT2D eigenvalue weighted by molar-refractivity contribution is -0.0241. The van der Waals surface area contributed by atoms with Crippen molar-refractivity contribution in [2.75, 3.05) is 26.7 Å². The molecule has 3 aromatic carbocycles. The number of hydrogen-bond acceptors (Lipinski definition) is 4. The van der Waals surface area contributed by atoms with Gasteiger partial charge in [-0.05, 0) is 42.3 Å². The number of fused-ring (bicyclic) bond motifs is 3. The molecule has 1 heterocycles. The van der Waals surface area contributed by atoms with Crippen LogP contribution in [0.4, 0.5) is 0 Å². The Labute approximate surface area is 209 Å². The van der Waals surface area contributed by atoms with Crippen molar-refractivity contribution in [1.82, 2.24) is 9.80 Å². The Kier molecular flexibility index (Phi) is 8.34. The normalized spacial score (nSPS) is 19.6. The maximum Gasteiger partial charge on any atom is 0.254 e. The number of likely N-dealkylation sites (N-methyl/N-ethyl adjacent to an activating group) is 1. The van der Waals surface area contributed by atoms with E-state index in [-0.39, 0.29) is 30.6 Å². The molecule has 4 rings (SSSR count). The van der Waals surface area contributed by atoms with Crippen molar-refractivity contribution in [3.8, 4) is 11.1 Å². The largest absolute Gasteiger partial charge is 0.394 e. The molecule has 5 nitrogen and oxygen atoms in total. The third-order valence-electron chi connectivity index (χ3n) is 6.88. The van der Waals surface area contributed by atoms with Crippen molar-refractivity contribution in [2.24, 2.45) is 5.92 Å². The first kappa shape index (κ1) is 25.1. The van der Waals surface area contributed by atoms with Crippen molar-refractivity contribution in [3.05, 3.63) is 95.6 Å². The third-order valence-corrected chi connectivity index (χ3v) is 6.88. The molecule has 1 aliphatic rings. The second-order valence-corrected chi connectivity index (χ2v) is 9.70. The molecule has 0 unspecified atom stereocenters. The van der Waals surface area contributed by atoms with Crippen molar-refractivity contribution >= 4 is 5.91 Å². The van der Waals surface area contributed by atoms with E-state index in [1.807, 2.05) is 54.3 Å². The number of nitrogens with zero attached hydrogens (tertiary/aromatic N) is 2. The van der Waals surface area contributed by atoms with Crippen LogP contribution in [0.2, 0.25) is 0 Å². The fourth-order valence-electron chi connectivity index (χ4n) is 4.82. The van der Waals surface area contributed by atoms with Crippen LogP contribution in [0.25, 0.3) is 11.1 Å². The summed E-state index contributed by atoms with van der Waals surface area (Å²) in [6, 6.07) is 26.0. The second kappa shape index (κ2) is 11.6. The average Bonchev–Trinajstić information content (AvgIpc) is 2.90. The molecule has 35 heavy (non-hydrogen) atoms. The molecule has 1 aliphatic heterocycles. The fraction of sp³-hybridized carbons (Fsp3) is 0.367. The van der Waals surface area contributed by atoms with E-state index < -0.39 is 0 Å². The van der Waals surface area contributed by atoms with Crippen LogP contribution in [0.3, 0.4) is 0 Å². The average molecular weight is 473 g/mol. The Morgan fingerprint density at radius 3 is 2.31 bits per heavy atom. The first-order valence-corrected chi connectivity index (χ1v) is 12.4. The van der Waals surface area contributed by atoms with Gasteiger partial charge in [0.2, 0.25) is 0 Å². The highest BCUT2D eigenvalue weighted by molar-refractivity contribution is 6.01. The minimum Gasteiger partial charge on any atom is -0.394 e. The Hall–Kier alpha value is -2.99. The second-order valence-electron chi connectivity index (χ2n) is 9.70. The predicted octanol–water partition coefficient (Wildman–Crippen LogP) is 4.84. The highest BCUT2D eigenvalue weighted by Crippen LogP contribution is 2.31. The third kappa shape index (κ3) is 5.99. The molecule has 0 aromatic heterocycles. The van der Waals surface area contributed by atoms with Gasteiger partial charge < -0.3 is 14.7 Å². The molecule has 0 spiro atoms. The van der Waals surface area contributed by atoms with Crippen molar-refractivity contribution < 1.29 is 14.6 Å². The van der Waals surface area contributed by atoms with Crippen LogP contribution in [0.15, 0.2) is 78.9 Å². The number of carbonyl (C=O) groups excluding carboxylic acids is 1. The summed E-state index contributed by atoms with van der Waals surface area (Å²) in [5.41, 5.74) is 4.90. The van der Waals surface area contributed by atoms with Gasteiger partial charge in [-0.1, -0.05) is 79.7 Å². The molecular formula is C30H36N2O3. The number of ether oxygens (including phenoxy) is 1. The van der Waals surface area contributed by atoms with Crippen molar-refractivity contribution in [2.45, 2.75) is 39.1 Å². The maximum absolute atomic E-state index is 13.9. The van der Waals surface area contributed by atoms with Gasteiger partial charge in [0.25, 0.3) is 5.91 Å². The maximum atomic E-state index is 13.9. The summed E-state index contributed by atoms with van der Waals surface area (Å²) >= 11 is 0. The van der Waals surface area contributed by atoms with Crippen molar-refractivity contribution in [1.29, 1.82) is 0 Å². The number of amides is 1. The van der Waals surface area contributed by atoms with Crippen LogP contribution in [-0.4, -0.2) is 59.7 Å². The molecule has 3 aromatic rings. The summed E-state index contributed by atoms with van der Waals surface area (Å²) in [6.45, 7) is 6.50. The number of carbonyl (C=O) groups is 1. The molecule has 0 saturated heterocycles. The number of benzene rings is 3. The Bertz CT molecular complexity index is 1120. The van der Waals surface area contributed by atoms with E-state index in [0.29, 0.717) is 18.7 Å². The van der Waals surface area contributed by atoms with Crippen LogP contribution in [0.5, 0.6) is 0 Å². The summed E-state index contributed by atoms with van der Waals surface area (Å²) < 4.78 is 6.59. The molecule has 1 N–H and O–H groups in total. The standard InChI is InChI=1S/C30H36N2O3/c1-22-17-32(23(2)20-33)30(34)28-16-10-9-15-27(28)26-14-8-7-13-25(26)21-35-29(22)19-31(3)18-24-11-5-4-6-12-24/h4-16,22-23,29,33H,17-21H2,1-3H3/t22-,23+,29-/m0/s1. The van der Waals surface area contributed by atoms with Gasteiger partial charge in [-0.25, -0.2) is 0 Å². The SMILES string of the molecule is C[C@H](CO)N1C[C@H](C)[C@H](CN(C)Cc2ccccc2)OCc2ccccc2-c2ccccc2C1=O. The zero-order valence-corrected chi connectivity index (χ0v) is 20.9. The molecule has 184 valence electrons. The minimum absolute atomic E-state index is 0.0536. The first-order chi connectivity index (χ1) is 17.0. The lowest BCUT2D eigenvalue weighted by atomic mass is 9.94. The molecule has 3 atom stereocenters. The van der Waals surface area contributed by atoms with E-state index in [1.165, 1.54) is 5.56 Å². The van der Waals surface area contributed by atoms with Gasteiger partial charge in [0, 0.05) is 31.1 Å². The van der Waals surface area contributed by atoms with Gasteiger partial charge in [0.1, 0.15) is 0 Å². The van der Waals surface area contributed by atoms with E-state index in [9.17, 15) is 9.90 Å². The number of rotatable bonds is 6. The Morgan fingerprint density at radius 1 is 0.971 bits per heavy atom. The van der Waals surface area contributed by atoms with E-state index in [0.717, 1.165) is 29.8 Å². The van der Waals surface area contributed by atoms with E-state index >= 15 is 0 Å².